The Hall–Kier alpha value is -4.48. The summed E-state index contributed by atoms with van der Waals surface area (Å²) >= 11 is 7.79. The molecule has 2 aromatic carbocycles. The minimum atomic E-state index is -1.18. The maximum absolute atomic E-state index is 14.7. The second kappa shape index (κ2) is 12.4. The average molecular weight is 622 g/mol. The number of nitro benzene ring substituents is 1. The molecule has 2 aliphatic rings. The Labute approximate surface area is 256 Å². The molecule has 2 heterocycles. The molecule has 1 aromatic heterocycles. The zero-order valence-electron chi connectivity index (χ0n) is 23.3. The third-order valence-corrected chi connectivity index (χ3v) is 8.72. The Bertz CT molecular complexity index is 1650. The highest BCUT2D eigenvalue weighted by atomic mass is 35.5. The standard InChI is InChI=1S/C31H28ClN3O7S/c1-3-41-30(37)25-21(23-9-6-14-43-23)16-22-26(28(25)36)24(17-7-5-8-18(32)15-17)27(31(38)42-4-2)29(33)34(22)19-10-12-20(13-11-19)35(39)40/h5-15,21,24-25H,3-4,16,33H2,1-2H3/t21-,24-,25-/m0/s1. The monoisotopic (exact) mass is 621 g/mol. The summed E-state index contributed by atoms with van der Waals surface area (Å²) in [6.07, 6.45) is 0.190. The van der Waals surface area contributed by atoms with Crippen LogP contribution in [0.4, 0.5) is 11.4 Å². The van der Waals surface area contributed by atoms with E-state index in [1.54, 1.807) is 43.0 Å². The summed E-state index contributed by atoms with van der Waals surface area (Å²) in [6.45, 7) is 3.45. The zero-order chi connectivity index (χ0) is 30.8. The van der Waals surface area contributed by atoms with Crippen LogP contribution in [0.15, 0.2) is 88.7 Å². The number of hydrogen-bond acceptors (Lipinski definition) is 10. The molecule has 0 bridgehead atoms. The fourth-order valence-electron chi connectivity index (χ4n) is 5.75. The number of carbonyl (C=O) groups excluding carboxylic acids is 3. The van der Waals surface area contributed by atoms with E-state index in [4.69, 9.17) is 26.8 Å². The van der Waals surface area contributed by atoms with Gasteiger partial charge in [0.25, 0.3) is 5.69 Å². The first-order chi connectivity index (χ1) is 20.7. The zero-order valence-corrected chi connectivity index (χ0v) is 24.9. The molecule has 12 heteroatoms. The lowest BCUT2D eigenvalue weighted by molar-refractivity contribution is -0.384. The van der Waals surface area contributed by atoms with Gasteiger partial charge in [0.1, 0.15) is 11.7 Å². The second-order valence-corrected chi connectivity index (χ2v) is 11.3. The summed E-state index contributed by atoms with van der Waals surface area (Å²) in [7, 11) is 0. The number of nitrogens with two attached hydrogens (primary N) is 1. The van der Waals surface area contributed by atoms with Crippen LogP contribution in [0, 0.1) is 16.0 Å². The van der Waals surface area contributed by atoms with Crippen LogP contribution in [0.3, 0.4) is 0 Å². The van der Waals surface area contributed by atoms with Gasteiger partial charge in [-0.1, -0.05) is 29.8 Å². The Kier molecular flexibility index (Phi) is 8.65. The summed E-state index contributed by atoms with van der Waals surface area (Å²) < 4.78 is 10.8. The van der Waals surface area contributed by atoms with Gasteiger partial charge in [-0.05, 0) is 61.5 Å². The number of nitrogens with zero attached hydrogens (tertiary/aromatic N) is 2. The van der Waals surface area contributed by atoms with E-state index in [-0.39, 0.29) is 42.3 Å². The number of benzene rings is 2. The Morgan fingerprint density at radius 3 is 2.42 bits per heavy atom. The molecule has 0 amide bonds. The van der Waals surface area contributed by atoms with Gasteiger partial charge in [0, 0.05) is 44.9 Å². The number of anilines is 1. The molecule has 0 unspecified atom stereocenters. The number of esters is 2. The maximum Gasteiger partial charge on any atom is 0.338 e. The fourth-order valence-corrected chi connectivity index (χ4v) is 6.81. The van der Waals surface area contributed by atoms with Gasteiger partial charge in [-0.2, -0.15) is 0 Å². The minimum Gasteiger partial charge on any atom is -0.465 e. The molecule has 0 radical (unpaired) electrons. The number of carbonyl (C=O) groups is 3. The smallest absolute Gasteiger partial charge is 0.338 e. The van der Waals surface area contributed by atoms with Crippen LogP contribution in [0.2, 0.25) is 5.02 Å². The molecule has 5 rings (SSSR count). The molecule has 3 atom stereocenters. The fraction of sp³-hybridized carbons (Fsp3) is 0.258. The summed E-state index contributed by atoms with van der Waals surface area (Å²) in [4.78, 5) is 55.0. The maximum atomic E-state index is 14.7. The molecule has 43 heavy (non-hydrogen) atoms. The summed E-state index contributed by atoms with van der Waals surface area (Å²) in [5.74, 6) is -4.68. The molecule has 0 spiro atoms. The number of ether oxygens (including phenoxy) is 2. The molecular formula is C31H28ClN3O7S. The minimum absolute atomic E-state index is 0.00310. The van der Waals surface area contributed by atoms with Crippen LogP contribution >= 0.6 is 22.9 Å². The van der Waals surface area contributed by atoms with Crippen molar-refractivity contribution in [3.8, 4) is 0 Å². The van der Waals surface area contributed by atoms with Crippen molar-refractivity contribution in [3.63, 3.8) is 0 Å². The van der Waals surface area contributed by atoms with Crippen molar-refractivity contribution in [1.29, 1.82) is 0 Å². The van der Waals surface area contributed by atoms with Crippen molar-refractivity contribution in [1.82, 2.24) is 0 Å². The van der Waals surface area contributed by atoms with Gasteiger partial charge >= 0.3 is 11.9 Å². The molecule has 10 nitrogen and oxygen atoms in total. The Balaban J connectivity index is 1.81. The Morgan fingerprint density at radius 1 is 1.09 bits per heavy atom. The van der Waals surface area contributed by atoms with Gasteiger partial charge in [-0.25, -0.2) is 4.79 Å². The van der Waals surface area contributed by atoms with Gasteiger partial charge in [0.15, 0.2) is 5.78 Å². The lowest BCUT2D eigenvalue weighted by Gasteiger charge is -2.43. The van der Waals surface area contributed by atoms with Crippen LogP contribution in [0.5, 0.6) is 0 Å². The van der Waals surface area contributed by atoms with Crippen molar-refractivity contribution in [2.75, 3.05) is 18.1 Å². The topological polar surface area (TPSA) is 142 Å². The number of thiophene rings is 1. The van der Waals surface area contributed by atoms with Crippen LogP contribution in [-0.4, -0.2) is 35.9 Å². The number of ketones is 1. The number of allylic oxidation sites excluding steroid dienone is 2. The molecule has 3 aromatic rings. The van der Waals surface area contributed by atoms with Crippen molar-refractivity contribution in [3.05, 3.63) is 114 Å². The number of hydrogen-bond donors (Lipinski definition) is 1. The quantitative estimate of drug-likeness (QED) is 0.142. The van der Waals surface area contributed by atoms with Crippen molar-refractivity contribution in [2.24, 2.45) is 11.7 Å². The molecule has 0 fully saturated rings. The molecule has 222 valence electrons. The third-order valence-electron chi connectivity index (χ3n) is 7.48. The Morgan fingerprint density at radius 2 is 1.81 bits per heavy atom. The lowest BCUT2D eigenvalue weighted by Crippen LogP contribution is -2.46. The van der Waals surface area contributed by atoms with Gasteiger partial charge < -0.3 is 15.2 Å². The van der Waals surface area contributed by atoms with E-state index < -0.39 is 40.4 Å². The van der Waals surface area contributed by atoms with E-state index in [0.717, 1.165) is 4.88 Å². The predicted octanol–water partition coefficient (Wildman–Crippen LogP) is 5.84. The van der Waals surface area contributed by atoms with E-state index in [1.807, 2.05) is 17.5 Å². The first kappa shape index (κ1) is 30.0. The molecule has 0 saturated carbocycles. The summed E-state index contributed by atoms with van der Waals surface area (Å²) in [5.41, 5.74) is 8.23. The lowest BCUT2D eigenvalue weighted by atomic mass is 9.68. The van der Waals surface area contributed by atoms with Crippen molar-refractivity contribution in [2.45, 2.75) is 32.1 Å². The van der Waals surface area contributed by atoms with Gasteiger partial charge in [0.05, 0.1) is 29.6 Å². The molecule has 1 aliphatic heterocycles. The van der Waals surface area contributed by atoms with Gasteiger partial charge in [-0.15, -0.1) is 11.3 Å². The number of halogens is 1. The first-order valence-electron chi connectivity index (χ1n) is 13.6. The van der Waals surface area contributed by atoms with E-state index in [0.29, 0.717) is 22.0 Å². The highest BCUT2D eigenvalue weighted by Crippen LogP contribution is 2.52. The van der Waals surface area contributed by atoms with E-state index in [2.05, 4.69) is 0 Å². The largest absolute Gasteiger partial charge is 0.465 e. The normalized spacial score (nSPS) is 20.1. The van der Waals surface area contributed by atoms with Crippen LogP contribution in [0.25, 0.3) is 0 Å². The van der Waals surface area contributed by atoms with Gasteiger partial charge in [0.2, 0.25) is 0 Å². The third kappa shape index (κ3) is 5.53. The molecular weight excluding hydrogens is 594 g/mol. The van der Waals surface area contributed by atoms with Crippen LogP contribution in [-0.2, 0) is 23.9 Å². The highest BCUT2D eigenvalue weighted by molar-refractivity contribution is 7.10. The molecule has 0 saturated heterocycles. The first-order valence-corrected chi connectivity index (χ1v) is 14.9. The van der Waals surface area contributed by atoms with Crippen LogP contribution in [0.1, 0.15) is 42.5 Å². The van der Waals surface area contributed by atoms with E-state index in [1.165, 1.54) is 35.6 Å². The highest BCUT2D eigenvalue weighted by Gasteiger charge is 2.51. The van der Waals surface area contributed by atoms with Crippen molar-refractivity contribution < 1.29 is 28.8 Å². The number of non-ortho nitro benzene ring substituents is 1. The number of rotatable bonds is 8. The second-order valence-electron chi connectivity index (χ2n) is 9.90. The summed E-state index contributed by atoms with van der Waals surface area (Å²) in [6, 6.07) is 16.1. The molecule has 1 aliphatic carbocycles. The predicted molar refractivity (Wildman–Crippen MR) is 161 cm³/mol. The van der Waals surface area contributed by atoms with Gasteiger partial charge in [-0.3, -0.25) is 24.6 Å². The number of Topliss-reactive ketones (excluding diaryl/α,β-unsaturated/α-hetero) is 1. The molecule has 2 N–H and O–H groups in total. The van der Waals surface area contributed by atoms with Crippen molar-refractivity contribution >= 4 is 52.0 Å². The van der Waals surface area contributed by atoms with E-state index >= 15 is 0 Å². The number of nitro groups is 1. The average Bonchev–Trinajstić information content (AvgIpc) is 3.52. The summed E-state index contributed by atoms with van der Waals surface area (Å²) in [5, 5.41) is 13.6. The van der Waals surface area contributed by atoms with E-state index in [9.17, 15) is 24.5 Å². The van der Waals surface area contributed by atoms with Crippen LogP contribution < -0.4 is 10.6 Å². The SMILES string of the molecule is CCOC(=O)C1=C(N)N(c2ccc([N+](=O)[O-])cc2)C2=C(C(=O)[C@@H](C(=O)OCC)[C@H](c3cccs3)C2)[C@@H]1c1cccc(Cl)c1.